The maximum absolute atomic E-state index is 13.2. The molecule has 1 aromatic heterocycles. The van der Waals surface area contributed by atoms with E-state index in [0.717, 1.165) is 73.5 Å². The molecule has 1 aromatic carbocycles. The predicted octanol–water partition coefficient (Wildman–Crippen LogP) is 3.59. The van der Waals surface area contributed by atoms with Gasteiger partial charge in [0.05, 0.1) is 5.56 Å². The molecule has 3 heterocycles. The SMILES string of the molecule is Cc1cc(C(=O)N2CC[C@@H]3CNC[C@@H]3CC2)c(C)n1-c1ccccc1.Cl. The van der Waals surface area contributed by atoms with E-state index < -0.39 is 0 Å². The van der Waals surface area contributed by atoms with Crippen molar-refractivity contribution >= 4 is 18.3 Å². The number of hydrogen-bond acceptors (Lipinski definition) is 2. The van der Waals surface area contributed by atoms with Crippen molar-refractivity contribution in [3.05, 3.63) is 53.3 Å². The topological polar surface area (TPSA) is 37.3 Å². The molecule has 2 atom stereocenters. The normalized spacial score (nSPS) is 22.5. The highest BCUT2D eigenvalue weighted by atomic mass is 35.5. The molecule has 4 rings (SSSR count). The van der Waals surface area contributed by atoms with Crippen LogP contribution in [0.1, 0.15) is 34.6 Å². The van der Waals surface area contributed by atoms with E-state index in [1.165, 1.54) is 0 Å². The second-order valence-electron chi connectivity index (χ2n) is 7.50. The summed E-state index contributed by atoms with van der Waals surface area (Å²) in [5.41, 5.74) is 4.13. The van der Waals surface area contributed by atoms with Gasteiger partial charge in [-0.1, -0.05) is 18.2 Å². The summed E-state index contributed by atoms with van der Waals surface area (Å²) in [6.07, 6.45) is 2.25. The van der Waals surface area contributed by atoms with Crippen molar-refractivity contribution in [1.82, 2.24) is 14.8 Å². The second kappa shape index (κ2) is 7.85. The van der Waals surface area contributed by atoms with Gasteiger partial charge in [0.25, 0.3) is 5.91 Å². The molecule has 0 bridgehead atoms. The lowest BCUT2D eigenvalue weighted by Gasteiger charge is -2.21. The Hall–Kier alpha value is -1.78. The lowest BCUT2D eigenvalue weighted by molar-refractivity contribution is 0.0758. The lowest BCUT2D eigenvalue weighted by Crippen LogP contribution is -2.33. The smallest absolute Gasteiger partial charge is 0.255 e. The van der Waals surface area contributed by atoms with Crippen molar-refractivity contribution in [2.75, 3.05) is 26.2 Å². The summed E-state index contributed by atoms with van der Waals surface area (Å²) in [7, 11) is 0. The fourth-order valence-electron chi connectivity index (χ4n) is 4.55. The predicted molar refractivity (Wildman–Crippen MR) is 107 cm³/mol. The lowest BCUT2D eigenvalue weighted by atomic mass is 9.92. The first-order valence-corrected chi connectivity index (χ1v) is 9.39. The summed E-state index contributed by atoms with van der Waals surface area (Å²) in [5.74, 6) is 1.69. The maximum atomic E-state index is 13.2. The minimum Gasteiger partial charge on any atom is -0.339 e. The van der Waals surface area contributed by atoms with Crippen molar-refractivity contribution in [1.29, 1.82) is 0 Å². The first kappa shape index (κ1) is 19.0. The third-order valence-electron chi connectivity index (χ3n) is 5.98. The van der Waals surface area contributed by atoms with Crippen molar-refractivity contribution in [3.63, 3.8) is 0 Å². The molecule has 2 aromatic rings. The van der Waals surface area contributed by atoms with E-state index in [1.54, 1.807) is 0 Å². The van der Waals surface area contributed by atoms with Crippen LogP contribution in [0.4, 0.5) is 0 Å². The molecule has 0 saturated carbocycles. The Labute approximate surface area is 162 Å². The van der Waals surface area contributed by atoms with Gasteiger partial charge in [-0.15, -0.1) is 12.4 Å². The summed E-state index contributed by atoms with van der Waals surface area (Å²) in [5, 5.41) is 3.50. The Morgan fingerprint density at radius 2 is 1.65 bits per heavy atom. The number of nitrogens with zero attached hydrogens (tertiary/aromatic N) is 2. The number of carbonyl (C=O) groups is 1. The highest BCUT2D eigenvalue weighted by Gasteiger charge is 2.32. The van der Waals surface area contributed by atoms with Gasteiger partial charge in [-0.3, -0.25) is 4.79 Å². The molecule has 4 nitrogen and oxygen atoms in total. The summed E-state index contributed by atoms with van der Waals surface area (Å²) >= 11 is 0. The highest BCUT2D eigenvalue weighted by Crippen LogP contribution is 2.29. The van der Waals surface area contributed by atoms with Crippen LogP contribution in [0, 0.1) is 25.7 Å². The van der Waals surface area contributed by atoms with Crippen LogP contribution in [0.25, 0.3) is 5.69 Å². The number of rotatable bonds is 2. The van der Waals surface area contributed by atoms with Crippen LogP contribution in [0.5, 0.6) is 0 Å². The molecule has 1 N–H and O–H groups in total. The number of para-hydroxylation sites is 1. The monoisotopic (exact) mass is 373 g/mol. The van der Waals surface area contributed by atoms with Gasteiger partial charge in [-0.25, -0.2) is 0 Å². The molecule has 2 aliphatic rings. The summed E-state index contributed by atoms with van der Waals surface area (Å²) < 4.78 is 2.18. The van der Waals surface area contributed by atoms with Crippen LogP contribution in [0.3, 0.4) is 0 Å². The molecular formula is C21H28ClN3O. The molecule has 26 heavy (non-hydrogen) atoms. The van der Waals surface area contributed by atoms with Gasteiger partial charge in [0.1, 0.15) is 0 Å². The summed E-state index contributed by atoms with van der Waals surface area (Å²) in [6.45, 7) is 8.15. The van der Waals surface area contributed by atoms with Gasteiger partial charge in [-0.2, -0.15) is 0 Å². The molecule has 5 heteroatoms. The minimum absolute atomic E-state index is 0. The van der Waals surface area contributed by atoms with E-state index in [2.05, 4.69) is 46.8 Å². The van der Waals surface area contributed by atoms with Crippen LogP contribution >= 0.6 is 12.4 Å². The molecule has 2 aliphatic heterocycles. The van der Waals surface area contributed by atoms with Crippen LogP contribution in [0.15, 0.2) is 36.4 Å². The van der Waals surface area contributed by atoms with Gasteiger partial charge >= 0.3 is 0 Å². The Balaban J connectivity index is 0.00000196. The van der Waals surface area contributed by atoms with Crippen LogP contribution in [-0.4, -0.2) is 41.6 Å². The number of halogens is 1. The molecule has 0 aliphatic carbocycles. The third kappa shape index (κ3) is 3.40. The van der Waals surface area contributed by atoms with Gasteiger partial charge in [0.2, 0.25) is 0 Å². The van der Waals surface area contributed by atoms with Crippen LogP contribution in [-0.2, 0) is 0 Å². The van der Waals surface area contributed by atoms with E-state index in [9.17, 15) is 4.79 Å². The number of carbonyl (C=O) groups excluding carboxylic acids is 1. The highest BCUT2D eigenvalue weighted by molar-refractivity contribution is 5.96. The molecule has 2 saturated heterocycles. The Kier molecular flexibility index (Phi) is 5.73. The number of amides is 1. The third-order valence-corrected chi connectivity index (χ3v) is 5.98. The number of aromatic nitrogens is 1. The Morgan fingerprint density at radius 1 is 1.04 bits per heavy atom. The summed E-state index contributed by atoms with van der Waals surface area (Å²) in [4.78, 5) is 15.3. The van der Waals surface area contributed by atoms with Crippen molar-refractivity contribution in [2.45, 2.75) is 26.7 Å². The van der Waals surface area contributed by atoms with E-state index >= 15 is 0 Å². The van der Waals surface area contributed by atoms with Crippen LogP contribution < -0.4 is 5.32 Å². The standard InChI is InChI=1S/C21H27N3O.ClH/c1-15-12-20(16(2)24(15)19-6-4-3-5-7-19)21(25)23-10-8-17-13-22-14-18(17)9-11-23;/h3-7,12,17-18,22H,8-11,13-14H2,1-2H3;1H/t17-,18+;. The van der Waals surface area contributed by atoms with E-state index in [0.29, 0.717) is 0 Å². The minimum atomic E-state index is 0. The largest absolute Gasteiger partial charge is 0.339 e. The average molecular weight is 374 g/mol. The van der Waals surface area contributed by atoms with Crippen molar-refractivity contribution in [2.24, 2.45) is 11.8 Å². The number of aryl methyl sites for hydroxylation is 1. The van der Waals surface area contributed by atoms with Gasteiger partial charge in [-0.05, 0) is 69.8 Å². The van der Waals surface area contributed by atoms with Crippen LogP contribution in [0.2, 0.25) is 0 Å². The Bertz CT molecular complexity index is 757. The quantitative estimate of drug-likeness (QED) is 0.873. The number of likely N-dealkylation sites (tertiary alicyclic amines) is 1. The number of fused-ring (bicyclic) bond motifs is 1. The molecular weight excluding hydrogens is 346 g/mol. The molecule has 0 spiro atoms. The first-order chi connectivity index (χ1) is 12.1. The summed E-state index contributed by atoms with van der Waals surface area (Å²) in [6, 6.07) is 12.3. The van der Waals surface area contributed by atoms with Gasteiger partial charge < -0.3 is 14.8 Å². The fourth-order valence-corrected chi connectivity index (χ4v) is 4.55. The molecule has 0 radical (unpaired) electrons. The van der Waals surface area contributed by atoms with Gasteiger partial charge in [0, 0.05) is 30.2 Å². The maximum Gasteiger partial charge on any atom is 0.255 e. The van der Waals surface area contributed by atoms with E-state index in [4.69, 9.17) is 0 Å². The zero-order valence-corrected chi connectivity index (χ0v) is 16.4. The average Bonchev–Trinajstić information content (AvgIpc) is 3.13. The van der Waals surface area contributed by atoms with Gasteiger partial charge in [0.15, 0.2) is 0 Å². The number of benzene rings is 1. The zero-order chi connectivity index (χ0) is 17.4. The number of nitrogens with one attached hydrogen (secondary N) is 1. The molecule has 2 fully saturated rings. The number of hydrogen-bond donors (Lipinski definition) is 1. The molecule has 0 unspecified atom stereocenters. The van der Waals surface area contributed by atoms with E-state index in [1.807, 2.05) is 18.2 Å². The zero-order valence-electron chi connectivity index (χ0n) is 15.6. The fraction of sp³-hybridized carbons (Fsp3) is 0.476. The van der Waals surface area contributed by atoms with Crippen molar-refractivity contribution in [3.8, 4) is 5.69 Å². The van der Waals surface area contributed by atoms with Crippen molar-refractivity contribution < 1.29 is 4.79 Å². The molecule has 1 amide bonds. The second-order valence-corrected chi connectivity index (χ2v) is 7.50. The molecule has 140 valence electrons. The first-order valence-electron chi connectivity index (χ1n) is 9.39. The van der Waals surface area contributed by atoms with E-state index in [-0.39, 0.29) is 18.3 Å². The Morgan fingerprint density at radius 3 is 2.27 bits per heavy atom.